The minimum absolute atomic E-state index is 0.279. The van der Waals surface area contributed by atoms with Gasteiger partial charge in [-0.1, -0.05) is 30.3 Å². The quantitative estimate of drug-likeness (QED) is 0.712. The topological polar surface area (TPSA) is 69.3 Å². The van der Waals surface area contributed by atoms with Crippen LogP contribution >= 0.6 is 0 Å². The van der Waals surface area contributed by atoms with Gasteiger partial charge in [0.05, 0.1) is 0 Å². The zero-order valence-corrected chi connectivity index (χ0v) is 12.8. The van der Waals surface area contributed by atoms with E-state index in [9.17, 15) is 4.79 Å². The number of pyridine rings is 1. The summed E-state index contributed by atoms with van der Waals surface area (Å²) in [5.41, 5.74) is 1.29. The molecule has 0 aliphatic carbocycles. The monoisotopic (exact) mass is 309 g/mol. The van der Waals surface area contributed by atoms with Gasteiger partial charge >= 0.3 is 0 Å². The lowest BCUT2D eigenvalue weighted by atomic mass is 10.2. The Balaban J connectivity index is 1.68. The highest BCUT2D eigenvalue weighted by atomic mass is 27.0. The maximum atomic E-state index is 12.0. The number of hydrogen-bond acceptors (Lipinski definition) is 5. The van der Waals surface area contributed by atoms with Crippen molar-refractivity contribution in [3.8, 4) is 0 Å². The summed E-state index contributed by atoms with van der Waals surface area (Å²) in [4.78, 5) is 21.5. The van der Waals surface area contributed by atoms with Crippen molar-refractivity contribution in [1.82, 2.24) is 9.71 Å². The van der Waals surface area contributed by atoms with Gasteiger partial charge in [0.1, 0.15) is 6.61 Å². The molecule has 0 amide bonds. The minimum Gasteiger partial charge on any atom is -0.451 e. The molecule has 0 bridgehead atoms. The molecule has 3 rings (SSSR count). The molecule has 3 aromatic rings. The van der Waals surface area contributed by atoms with Crippen molar-refractivity contribution in [2.24, 2.45) is 0 Å². The lowest BCUT2D eigenvalue weighted by Gasteiger charge is -2.09. The van der Waals surface area contributed by atoms with E-state index in [1.807, 2.05) is 30.3 Å². The zero-order chi connectivity index (χ0) is 15.4. The Morgan fingerprint density at radius 3 is 2.77 bits per heavy atom. The molecule has 108 valence electrons. The second-order valence-corrected chi connectivity index (χ2v) is 5.10. The van der Waals surface area contributed by atoms with Crippen LogP contribution in [-0.4, -0.2) is 26.0 Å². The van der Waals surface area contributed by atoms with E-state index in [1.165, 1.54) is 10.8 Å². The van der Waals surface area contributed by atoms with Gasteiger partial charge in [-0.25, -0.2) is 4.98 Å². The van der Waals surface area contributed by atoms with Gasteiger partial charge in [0, 0.05) is 28.8 Å². The van der Waals surface area contributed by atoms with Crippen molar-refractivity contribution in [3.63, 3.8) is 0 Å². The number of oxazole rings is 1. The van der Waals surface area contributed by atoms with Crippen LogP contribution in [0.1, 0.15) is 5.56 Å². The molecule has 0 aliphatic rings. The van der Waals surface area contributed by atoms with E-state index in [4.69, 9.17) is 9.25 Å². The molecule has 1 N–H and O–H groups in total. The van der Waals surface area contributed by atoms with Crippen LogP contribution in [-0.2, 0) is 6.61 Å². The highest BCUT2D eigenvalue weighted by molar-refractivity contribution is 6.29. The van der Waals surface area contributed by atoms with Crippen LogP contribution in [0.3, 0.4) is 0 Å². The van der Waals surface area contributed by atoms with Crippen molar-refractivity contribution in [3.05, 3.63) is 70.8 Å². The van der Waals surface area contributed by atoms with E-state index in [1.54, 1.807) is 18.5 Å². The first-order valence-corrected chi connectivity index (χ1v) is 7.17. The first-order chi connectivity index (χ1) is 10.7. The molecule has 6 nitrogen and oxygen atoms in total. The Labute approximate surface area is 134 Å². The number of nitrogens with zero attached hydrogens (tertiary/aromatic N) is 2. The van der Waals surface area contributed by atoms with Gasteiger partial charge in [-0.3, -0.25) is 4.79 Å². The van der Waals surface area contributed by atoms with Crippen molar-refractivity contribution in [1.29, 1.82) is 0 Å². The number of hydrogen-bond donors (Lipinski definition) is 1. The summed E-state index contributed by atoms with van der Waals surface area (Å²) < 4.78 is 7.07. The third-order valence-electron chi connectivity index (χ3n) is 2.87. The molecule has 0 aliphatic heterocycles. The summed E-state index contributed by atoms with van der Waals surface area (Å²) in [5.74, 6) is 0. The van der Waals surface area contributed by atoms with Crippen molar-refractivity contribution < 1.29 is 9.25 Å². The Hall–Kier alpha value is -2.49. The summed E-state index contributed by atoms with van der Waals surface area (Å²) in [5, 5.41) is 2.91. The Bertz CT molecular complexity index is 814. The molecule has 0 spiro atoms. The van der Waals surface area contributed by atoms with Gasteiger partial charge in [0.15, 0.2) is 0 Å². The summed E-state index contributed by atoms with van der Waals surface area (Å²) in [6.45, 7) is 0.323. The predicted octanol–water partition coefficient (Wildman–Crippen LogP) is 1.00. The smallest absolute Gasteiger partial charge is 0.297 e. The second-order valence-electron chi connectivity index (χ2n) is 4.53. The minimum atomic E-state index is -0.279. The SMILES string of the molecule is O=c1cc(Nc2nc[c]([Al])o2)ccn1OCc1ccccc1. The highest BCUT2D eigenvalue weighted by Gasteiger charge is 2.03. The van der Waals surface area contributed by atoms with Crippen molar-refractivity contribution in [2.75, 3.05) is 5.32 Å². The fraction of sp³-hybridized carbons (Fsp3) is 0.0667. The first kappa shape index (κ1) is 14.4. The van der Waals surface area contributed by atoms with Crippen LogP contribution in [0.4, 0.5) is 11.7 Å². The average molecular weight is 309 g/mol. The molecule has 0 atom stereocenters. The summed E-state index contributed by atoms with van der Waals surface area (Å²) in [6.07, 6.45) is 3.12. The van der Waals surface area contributed by atoms with Gasteiger partial charge in [-0.05, 0) is 11.6 Å². The van der Waals surface area contributed by atoms with E-state index in [0.717, 1.165) is 5.56 Å². The maximum Gasteiger partial charge on any atom is 0.297 e. The van der Waals surface area contributed by atoms with Crippen molar-refractivity contribution >= 4 is 32.6 Å². The highest BCUT2D eigenvalue weighted by Crippen LogP contribution is 2.10. The summed E-state index contributed by atoms with van der Waals surface area (Å²) >= 11 is 2.40. The Kier molecular flexibility index (Phi) is 4.28. The lowest BCUT2D eigenvalue weighted by molar-refractivity contribution is 0.0892. The van der Waals surface area contributed by atoms with Crippen LogP contribution in [0.25, 0.3) is 0 Å². The average Bonchev–Trinajstić information content (AvgIpc) is 2.92. The van der Waals surface area contributed by atoms with Crippen LogP contribution in [0.5, 0.6) is 0 Å². The summed E-state index contributed by atoms with van der Waals surface area (Å²) in [7, 11) is 0. The molecule has 0 unspecified atom stereocenters. The third-order valence-corrected chi connectivity index (χ3v) is 3.14. The number of benzene rings is 1. The molecule has 22 heavy (non-hydrogen) atoms. The van der Waals surface area contributed by atoms with Crippen LogP contribution in [0, 0.1) is 0 Å². The fourth-order valence-corrected chi connectivity index (χ4v) is 2.02. The number of rotatable bonds is 5. The molecule has 2 heterocycles. The zero-order valence-electron chi connectivity index (χ0n) is 11.6. The van der Waals surface area contributed by atoms with Gasteiger partial charge in [0.25, 0.3) is 11.6 Å². The van der Waals surface area contributed by atoms with E-state index >= 15 is 0 Å². The molecule has 1 aromatic carbocycles. The normalized spacial score (nSPS) is 10.4. The number of anilines is 2. The maximum absolute atomic E-state index is 12.0. The molecule has 0 saturated heterocycles. The Morgan fingerprint density at radius 2 is 2.09 bits per heavy atom. The first-order valence-electron chi connectivity index (χ1n) is 6.59. The predicted molar refractivity (Wildman–Crippen MR) is 82.6 cm³/mol. The van der Waals surface area contributed by atoms with Crippen LogP contribution in [0.15, 0.2) is 64.1 Å². The largest absolute Gasteiger partial charge is 0.451 e. The van der Waals surface area contributed by atoms with Crippen LogP contribution in [0.2, 0.25) is 0 Å². The van der Waals surface area contributed by atoms with E-state index in [-0.39, 0.29) is 5.56 Å². The van der Waals surface area contributed by atoms with Gasteiger partial charge in [-0.15, -0.1) is 0 Å². The summed E-state index contributed by atoms with van der Waals surface area (Å²) in [6, 6.07) is 13.1. The molecule has 2 aromatic heterocycles. The van der Waals surface area contributed by atoms with Crippen LogP contribution < -0.4 is 20.3 Å². The van der Waals surface area contributed by atoms with E-state index < -0.39 is 0 Å². The molecule has 2 radical (unpaired) electrons. The molecule has 0 saturated carbocycles. The standard InChI is InChI=1S/C15H12N3O3.Al/c19-14-10-13(17-15-16-7-9-20-15)6-8-18(14)21-11-12-4-2-1-3-5-12;/h1-8,10H,11H2,(H,16,17);. The number of nitrogens with one attached hydrogen (secondary N) is 1. The lowest BCUT2D eigenvalue weighted by Crippen LogP contribution is -2.25. The molecular formula is C15H12AlN3O3. The fourth-order valence-electron chi connectivity index (χ4n) is 1.84. The molecular weight excluding hydrogens is 297 g/mol. The van der Waals surface area contributed by atoms with E-state index in [0.29, 0.717) is 22.9 Å². The number of aromatic nitrogens is 2. The molecule has 0 fully saturated rings. The Morgan fingerprint density at radius 1 is 1.27 bits per heavy atom. The van der Waals surface area contributed by atoms with Crippen molar-refractivity contribution in [2.45, 2.75) is 6.61 Å². The van der Waals surface area contributed by atoms with Gasteiger partial charge in [-0.2, -0.15) is 4.73 Å². The molecule has 7 heteroatoms. The van der Waals surface area contributed by atoms with Gasteiger partial charge < -0.3 is 14.6 Å². The second kappa shape index (κ2) is 6.52. The van der Waals surface area contributed by atoms with Gasteiger partial charge in [0.2, 0.25) is 16.3 Å². The van der Waals surface area contributed by atoms with E-state index in [2.05, 4.69) is 26.6 Å². The third kappa shape index (κ3) is 3.58.